The summed E-state index contributed by atoms with van der Waals surface area (Å²) in [5, 5.41) is 4.56. The quantitative estimate of drug-likeness (QED) is 0.191. The highest BCUT2D eigenvalue weighted by Gasteiger charge is 2.20. The molecule has 6 aromatic carbocycles. The van der Waals surface area contributed by atoms with Crippen molar-refractivity contribution in [1.82, 2.24) is 9.13 Å². The first-order chi connectivity index (χ1) is 22.9. The molecule has 0 fully saturated rings. The Morgan fingerprint density at radius 2 is 0.826 bits per heavy atom. The van der Waals surface area contributed by atoms with E-state index in [1.54, 1.807) is 0 Å². The van der Waals surface area contributed by atoms with Gasteiger partial charge in [0.1, 0.15) is 0 Å². The minimum atomic E-state index is 0.0286. The van der Waals surface area contributed by atoms with E-state index in [1.807, 2.05) is 24.3 Å². The monoisotopic (exact) mass is 598 g/mol. The molecule has 0 N–H and O–H groups in total. The number of para-hydroxylation sites is 2. The standard InChI is InChI=1S/C44H40N2/c1-43(2,3)31-21-23-41-37(27-31)35-17-7-9-19-39(35)45(41)33-15-11-13-29(25-33)30-14-12-16-34(26-30)46-40-20-10-8-18-36(40)38-28-32(44(4,5)6)22-24-42(38)46/h7-28H,1-6H3/i7D,8D. The van der Waals surface area contributed by atoms with Crippen molar-refractivity contribution in [2.45, 2.75) is 52.4 Å². The Balaban J connectivity index is 1.29. The predicted molar refractivity (Wildman–Crippen MR) is 198 cm³/mol. The Kier molecular flexibility index (Phi) is 5.81. The minimum Gasteiger partial charge on any atom is -0.309 e. The molecular weight excluding hydrogens is 556 g/mol. The molecule has 8 rings (SSSR count). The van der Waals surface area contributed by atoms with E-state index in [-0.39, 0.29) is 10.8 Å². The van der Waals surface area contributed by atoms with E-state index in [2.05, 4.69) is 148 Å². The van der Waals surface area contributed by atoms with Gasteiger partial charge < -0.3 is 9.13 Å². The van der Waals surface area contributed by atoms with Gasteiger partial charge in [0.2, 0.25) is 0 Å². The summed E-state index contributed by atoms with van der Waals surface area (Å²) in [7, 11) is 0. The fraction of sp³-hybridized carbons (Fsp3) is 0.182. The number of rotatable bonds is 3. The molecule has 2 heterocycles. The van der Waals surface area contributed by atoms with Crippen LogP contribution in [-0.2, 0) is 10.8 Å². The van der Waals surface area contributed by atoms with E-state index in [9.17, 15) is 0 Å². The second-order valence-electron chi connectivity index (χ2n) is 14.6. The summed E-state index contributed by atoms with van der Waals surface area (Å²) in [6.07, 6.45) is 0. The van der Waals surface area contributed by atoms with Crippen molar-refractivity contribution in [3.05, 3.63) is 145 Å². The van der Waals surface area contributed by atoms with Crippen LogP contribution in [0.5, 0.6) is 0 Å². The molecular formula is C44H40N2. The van der Waals surface area contributed by atoms with Gasteiger partial charge in [-0.1, -0.05) is 114 Å². The van der Waals surface area contributed by atoms with Crippen molar-refractivity contribution in [3.8, 4) is 22.5 Å². The summed E-state index contributed by atoms with van der Waals surface area (Å²) in [6, 6.07) is 44.1. The third-order valence-corrected chi connectivity index (χ3v) is 9.49. The van der Waals surface area contributed by atoms with Gasteiger partial charge in [-0.25, -0.2) is 0 Å². The van der Waals surface area contributed by atoms with Crippen LogP contribution in [0.3, 0.4) is 0 Å². The Morgan fingerprint density at radius 1 is 0.413 bits per heavy atom. The lowest BCUT2D eigenvalue weighted by molar-refractivity contribution is 0.591. The zero-order valence-corrected chi connectivity index (χ0v) is 27.4. The lowest BCUT2D eigenvalue weighted by atomic mass is 9.86. The molecule has 0 spiro atoms. The van der Waals surface area contributed by atoms with Crippen LogP contribution in [0.15, 0.2) is 133 Å². The molecule has 0 amide bonds. The van der Waals surface area contributed by atoms with Crippen molar-refractivity contribution in [2.75, 3.05) is 0 Å². The molecule has 0 saturated carbocycles. The van der Waals surface area contributed by atoms with E-state index < -0.39 is 0 Å². The largest absolute Gasteiger partial charge is 0.309 e. The number of aromatic nitrogens is 2. The highest BCUT2D eigenvalue weighted by molar-refractivity contribution is 6.10. The fourth-order valence-corrected chi connectivity index (χ4v) is 6.96. The minimum absolute atomic E-state index is 0.0286. The summed E-state index contributed by atoms with van der Waals surface area (Å²) >= 11 is 0. The maximum atomic E-state index is 8.40. The average molecular weight is 599 g/mol. The molecule has 0 unspecified atom stereocenters. The SMILES string of the molecule is [2H]c1ccc2c(c1)c1cc(C(C)(C)C)ccc1n2-c1cccc(-c2cccc(-n3c4ccc([2H])cc4c4cc(C(C)(C)C)ccc43)c2)c1. The topological polar surface area (TPSA) is 9.86 Å². The smallest absolute Gasteiger partial charge is 0.0623 e. The number of nitrogens with zero attached hydrogens (tertiary/aromatic N) is 2. The van der Waals surface area contributed by atoms with E-state index >= 15 is 0 Å². The molecule has 0 atom stereocenters. The van der Waals surface area contributed by atoms with Gasteiger partial charge >= 0.3 is 0 Å². The molecule has 2 aromatic heterocycles. The van der Waals surface area contributed by atoms with Gasteiger partial charge in [0.05, 0.1) is 24.8 Å². The summed E-state index contributed by atoms with van der Waals surface area (Å²) in [6.45, 7) is 13.5. The van der Waals surface area contributed by atoms with E-state index in [1.165, 1.54) is 21.9 Å². The normalized spacial score (nSPS) is 13.2. The van der Waals surface area contributed by atoms with Crippen molar-refractivity contribution >= 4 is 43.6 Å². The molecule has 8 aromatic rings. The molecule has 2 heteroatoms. The second-order valence-corrected chi connectivity index (χ2v) is 14.6. The average Bonchev–Trinajstić information content (AvgIpc) is 3.55. The zero-order valence-electron chi connectivity index (χ0n) is 29.4. The molecule has 226 valence electrons. The van der Waals surface area contributed by atoms with Crippen LogP contribution in [0, 0.1) is 0 Å². The third kappa shape index (κ3) is 4.55. The Labute approximate surface area is 274 Å². The summed E-state index contributed by atoms with van der Waals surface area (Å²) < 4.78 is 21.5. The van der Waals surface area contributed by atoms with Crippen LogP contribution in [0.25, 0.3) is 66.1 Å². The van der Waals surface area contributed by atoms with Gasteiger partial charge in [0.25, 0.3) is 0 Å². The van der Waals surface area contributed by atoms with Crippen LogP contribution in [0.2, 0.25) is 0 Å². The summed E-state index contributed by atoms with van der Waals surface area (Å²) in [4.78, 5) is 0. The van der Waals surface area contributed by atoms with Gasteiger partial charge in [-0.05, 0) is 93.7 Å². The van der Waals surface area contributed by atoms with E-state index in [0.29, 0.717) is 12.1 Å². The van der Waals surface area contributed by atoms with Crippen LogP contribution in [-0.4, -0.2) is 9.13 Å². The number of hydrogen-bond acceptors (Lipinski definition) is 0. The molecule has 46 heavy (non-hydrogen) atoms. The Bertz CT molecular complexity index is 2370. The first kappa shape index (κ1) is 26.2. The van der Waals surface area contributed by atoms with Gasteiger partial charge in [-0.15, -0.1) is 0 Å². The predicted octanol–water partition coefficient (Wildman–Crippen LogP) is 12.1. The highest BCUT2D eigenvalue weighted by Crippen LogP contribution is 2.38. The summed E-state index contributed by atoms with van der Waals surface area (Å²) in [5.41, 5.74) is 11.6. The molecule has 0 aliphatic heterocycles. The van der Waals surface area contributed by atoms with Crippen LogP contribution < -0.4 is 0 Å². The van der Waals surface area contributed by atoms with Crippen molar-refractivity contribution in [1.29, 1.82) is 0 Å². The van der Waals surface area contributed by atoms with Crippen LogP contribution in [0.1, 0.15) is 55.4 Å². The van der Waals surface area contributed by atoms with Crippen molar-refractivity contribution < 1.29 is 2.74 Å². The van der Waals surface area contributed by atoms with Crippen molar-refractivity contribution in [2.24, 2.45) is 0 Å². The first-order valence-electron chi connectivity index (χ1n) is 17.2. The highest BCUT2D eigenvalue weighted by atomic mass is 15.0. The third-order valence-electron chi connectivity index (χ3n) is 9.49. The maximum absolute atomic E-state index is 8.40. The van der Waals surface area contributed by atoms with Gasteiger partial charge in [-0.3, -0.25) is 0 Å². The molecule has 0 saturated heterocycles. The van der Waals surface area contributed by atoms with Gasteiger partial charge in [0, 0.05) is 32.9 Å². The zero-order chi connectivity index (χ0) is 33.5. The molecule has 0 aliphatic carbocycles. The number of fused-ring (bicyclic) bond motifs is 6. The lowest BCUT2D eigenvalue weighted by Crippen LogP contribution is -2.10. The van der Waals surface area contributed by atoms with Gasteiger partial charge in [0.15, 0.2) is 0 Å². The molecule has 0 aliphatic rings. The molecule has 0 bridgehead atoms. The number of benzene rings is 6. The molecule has 0 radical (unpaired) electrons. The first-order valence-corrected chi connectivity index (χ1v) is 16.2. The van der Waals surface area contributed by atoms with Crippen molar-refractivity contribution in [3.63, 3.8) is 0 Å². The summed E-state index contributed by atoms with van der Waals surface area (Å²) in [5.74, 6) is 0. The fourth-order valence-electron chi connectivity index (χ4n) is 6.96. The van der Waals surface area contributed by atoms with E-state index in [0.717, 1.165) is 55.3 Å². The van der Waals surface area contributed by atoms with Gasteiger partial charge in [-0.2, -0.15) is 0 Å². The van der Waals surface area contributed by atoms with Crippen LogP contribution >= 0.6 is 0 Å². The number of hydrogen-bond donors (Lipinski definition) is 0. The Morgan fingerprint density at radius 3 is 1.24 bits per heavy atom. The van der Waals surface area contributed by atoms with Crippen LogP contribution in [0.4, 0.5) is 0 Å². The maximum Gasteiger partial charge on any atom is 0.0623 e. The second kappa shape index (κ2) is 10.2. The van der Waals surface area contributed by atoms with E-state index in [4.69, 9.17) is 2.74 Å². The Hall–Kier alpha value is -5.08. The lowest BCUT2D eigenvalue weighted by Gasteiger charge is -2.19. The molecule has 2 nitrogen and oxygen atoms in total.